The first-order valence-corrected chi connectivity index (χ1v) is 6.09. The maximum atomic E-state index is 12.1. The molecule has 0 spiro atoms. The average Bonchev–Trinajstić information content (AvgIpc) is 2.38. The molecule has 0 atom stereocenters. The van der Waals surface area contributed by atoms with E-state index in [1.54, 1.807) is 6.07 Å². The molecule has 20 heavy (non-hydrogen) atoms. The monoisotopic (exact) mass is 272 g/mol. The Morgan fingerprint density at radius 1 is 1.25 bits per heavy atom. The van der Waals surface area contributed by atoms with Gasteiger partial charge in [0.2, 0.25) is 5.95 Å². The summed E-state index contributed by atoms with van der Waals surface area (Å²) in [6.45, 7) is 6.00. The average molecular weight is 272 g/mol. The highest BCUT2D eigenvalue weighted by atomic mass is 16.1. The third kappa shape index (κ3) is 3.25. The van der Waals surface area contributed by atoms with E-state index in [2.05, 4.69) is 25.5 Å². The van der Waals surface area contributed by atoms with Crippen LogP contribution in [-0.2, 0) is 5.41 Å². The Morgan fingerprint density at radius 3 is 2.60 bits per heavy atom. The molecule has 3 N–H and O–H groups in total. The predicted octanol–water partition coefficient (Wildman–Crippen LogP) is 1.40. The van der Waals surface area contributed by atoms with Gasteiger partial charge in [-0.2, -0.15) is 5.10 Å². The fourth-order valence-corrected chi connectivity index (χ4v) is 1.55. The Balaban J connectivity index is 2.29. The van der Waals surface area contributed by atoms with Crippen molar-refractivity contribution < 1.29 is 4.79 Å². The first kappa shape index (κ1) is 13.9. The minimum Gasteiger partial charge on any atom is -0.384 e. The summed E-state index contributed by atoms with van der Waals surface area (Å²) in [6, 6.07) is 3.23. The van der Waals surface area contributed by atoms with Crippen LogP contribution in [0.3, 0.4) is 0 Å². The molecule has 7 nitrogen and oxygen atoms in total. The zero-order chi connectivity index (χ0) is 14.8. The van der Waals surface area contributed by atoms with Crippen LogP contribution in [-0.4, -0.2) is 26.1 Å². The summed E-state index contributed by atoms with van der Waals surface area (Å²) in [7, 11) is 0. The molecule has 104 valence electrons. The van der Waals surface area contributed by atoms with Crippen molar-refractivity contribution in [2.75, 3.05) is 11.1 Å². The van der Waals surface area contributed by atoms with Crippen LogP contribution < -0.4 is 11.1 Å². The smallest absolute Gasteiger partial charge is 0.258 e. The van der Waals surface area contributed by atoms with Crippen LogP contribution in [0.5, 0.6) is 0 Å². The summed E-state index contributed by atoms with van der Waals surface area (Å²) in [5.74, 6) is 0.0949. The maximum Gasteiger partial charge on any atom is 0.258 e. The lowest BCUT2D eigenvalue weighted by molar-refractivity contribution is 0.102. The Bertz CT molecular complexity index is 621. The number of hydrogen-bond acceptors (Lipinski definition) is 6. The molecule has 0 aromatic carbocycles. The molecule has 0 unspecified atom stereocenters. The lowest BCUT2D eigenvalue weighted by atomic mass is 9.90. The molecule has 2 aromatic rings. The number of nitrogens with zero attached hydrogens (tertiary/aromatic N) is 4. The van der Waals surface area contributed by atoms with Gasteiger partial charge in [-0.25, -0.2) is 9.97 Å². The maximum absolute atomic E-state index is 12.1. The Kier molecular flexibility index (Phi) is 3.60. The normalized spacial score (nSPS) is 11.2. The summed E-state index contributed by atoms with van der Waals surface area (Å²) in [4.78, 5) is 20.3. The number of amides is 1. The van der Waals surface area contributed by atoms with E-state index >= 15 is 0 Å². The molecule has 0 aliphatic carbocycles. The lowest BCUT2D eigenvalue weighted by Crippen LogP contribution is -2.19. The van der Waals surface area contributed by atoms with Gasteiger partial charge in [0, 0.05) is 16.7 Å². The topological polar surface area (TPSA) is 107 Å². The van der Waals surface area contributed by atoms with Gasteiger partial charge in [0.05, 0.1) is 12.4 Å². The molecule has 0 radical (unpaired) electrons. The number of anilines is 2. The van der Waals surface area contributed by atoms with Gasteiger partial charge in [-0.1, -0.05) is 20.8 Å². The van der Waals surface area contributed by atoms with E-state index in [0.717, 1.165) is 5.69 Å². The largest absolute Gasteiger partial charge is 0.384 e. The molecule has 0 aliphatic rings. The second kappa shape index (κ2) is 5.20. The fraction of sp³-hybridized carbons (Fsp3) is 0.308. The van der Waals surface area contributed by atoms with Crippen molar-refractivity contribution >= 4 is 17.7 Å². The van der Waals surface area contributed by atoms with Gasteiger partial charge in [0.15, 0.2) is 0 Å². The molecule has 2 heterocycles. The highest BCUT2D eigenvalue weighted by molar-refractivity contribution is 6.03. The molecule has 0 fully saturated rings. The van der Waals surface area contributed by atoms with E-state index in [0.29, 0.717) is 11.4 Å². The predicted molar refractivity (Wildman–Crippen MR) is 75.1 cm³/mol. The van der Waals surface area contributed by atoms with Crippen LogP contribution in [0.15, 0.2) is 24.5 Å². The third-order valence-electron chi connectivity index (χ3n) is 2.58. The van der Waals surface area contributed by atoms with E-state index < -0.39 is 0 Å². The lowest BCUT2D eigenvalue weighted by Gasteiger charge is -2.18. The first-order chi connectivity index (χ1) is 9.36. The Labute approximate surface area is 116 Å². The number of rotatable bonds is 2. The van der Waals surface area contributed by atoms with Gasteiger partial charge >= 0.3 is 0 Å². The first-order valence-electron chi connectivity index (χ1n) is 6.09. The van der Waals surface area contributed by atoms with Crippen molar-refractivity contribution in [3.63, 3.8) is 0 Å². The van der Waals surface area contributed by atoms with E-state index in [9.17, 15) is 4.79 Å². The molecule has 2 aromatic heterocycles. The number of carbonyl (C=O) groups excluding carboxylic acids is 1. The zero-order valence-electron chi connectivity index (χ0n) is 11.6. The van der Waals surface area contributed by atoms with E-state index in [4.69, 9.17) is 5.73 Å². The minimum atomic E-state index is -0.349. The van der Waals surface area contributed by atoms with Gasteiger partial charge in [0.1, 0.15) is 5.82 Å². The molecular formula is C13H16N6O. The molecule has 7 heteroatoms. The molecule has 0 saturated carbocycles. The van der Waals surface area contributed by atoms with Crippen molar-refractivity contribution in [2.45, 2.75) is 26.2 Å². The van der Waals surface area contributed by atoms with Crippen LogP contribution >= 0.6 is 0 Å². The Hall–Kier alpha value is -2.57. The van der Waals surface area contributed by atoms with Crippen molar-refractivity contribution in [3.8, 4) is 0 Å². The number of nitrogen functional groups attached to an aromatic ring is 1. The molecule has 2 rings (SSSR count). The van der Waals surface area contributed by atoms with E-state index in [-0.39, 0.29) is 17.3 Å². The van der Waals surface area contributed by atoms with Crippen LogP contribution in [0.1, 0.15) is 36.8 Å². The highest BCUT2D eigenvalue weighted by Crippen LogP contribution is 2.22. The Morgan fingerprint density at radius 2 is 2.00 bits per heavy atom. The van der Waals surface area contributed by atoms with Gasteiger partial charge in [-0.3, -0.25) is 10.1 Å². The number of nitrogens with one attached hydrogen (secondary N) is 1. The van der Waals surface area contributed by atoms with Crippen molar-refractivity contribution in [1.82, 2.24) is 20.2 Å². The van der Waals surface area contributed by atoms with E-state index in [1.807, 2.05) is 20.8 Å². The molecular weight excluding hydrogens is 256 g/mol. The minimum absolute atomic E-state index is 0.144. The SMILES string of the molecule is CC(C)(C)c1cc(C(=O)Nc2nccnn2)cc(N)n1. The van der Waals surface area contributed by atoms with Crippen molar-refractivity contribution in [3.05, 3.63) is 35.8 Å². The summed E-state index contributed by atoms with van der Waals surface area (Å²) in [6.07, 6.45) is 2.88. The number of carbonyl (C=O) groups is 1. The van der Waals surface area contributed by atoms with Crippen LogP contribution in [0, 0.1) is 0 Å². The highest BCUT2D eigenvalue weighted by Gasteiger charge is 2.19. The molecule has 0 bridgehead atoms. The zero-order valence-corrected chi connectivity index (χ0v) is 11.6. The van der Waals surface area contributed by atoms with Crippen LogP contribution in [0.2, 0.25) is 0 Å². The summed E-state index contributed by atoms with van der Waals surface area (Å²) in [5, 5.41) is 9.90. The van der Waals surface area contributed by atoms with Gasteiger partial charge in [-0.15, -0.1) is 5.10 Å². The van der Waals surface area contributed by atoms with Crippen LogP contribution in [0.25, 0.3) is 0 Å². The fourth-order valence-electron chi connectivity index (χ4n) is 1.55. The van der Waals surface area contributed by atoms with Gasteiger partial charge in [-0.05, 0) is 12.1 Å². The summed E-state index contributed by atoms with van der Waals surface area (Å²) < 4.78 is 0. The summed E-state index contributed by atoms with van der Waals surface area (Å²) in [5.41, 5.74) is 6.71. The van der Waals surface area contributed by atoms with Gasteiger partial charge in [0.25, 0.3) is 5.91 Å². The second-order valence-corrected chi connectivity index (χ2v) is 5.34. The molecule has 0 saturated heterocycles. The van der Waals surface area contributed by atoms with Crippen molar-refractivity contribution in [2.24, 2.45) is 0 Å². The van der Waals surface area contributed by atoms with Gasteiger partial charge < -0.3 is 5.73 Å². The molecule has 0 aliphatic heterocycles. The number of pyridine rings is 1. The van der Waals surface area contributed by atoms with E-state index in [1.165, 1.54) is 18.5 Å². The standard InChI is InChI=1S/C13H16N6O/c1-13(2,3)9-6-8(7-10(14)17-9)11(20)18-12-15-4-5-16-19-12/h4-7H,1-3H3,(H2,14,17)(H,15,18,19,20). The number of hydrogen-bond donors (Lipinski definition) is 2. The van der Waals surface area contributed by atoms with Crippen LogP contribution in [0.4, 0.5) is 11.8 Å². The summed E-state index contributed by atoms with van der Waals surface area (Å²) >= 11 is 0. The molecule has 1 amide bonds. The second-order valence-electron chi connectivity index (χ2n) is 5.34. The van der Waals surface area contributed by atoms with Crippen molar-refractivity contribution in [1.29, 1.82) is 0 Å². The third-order valence-corrected chi connectivity index (χ3v) is 2.58. The number of aromatic nitrogens is 4. The number of nitrogens with two attached hydrogens (primary N) is 1. The quantitative estimate of drug-likeness (QED) is 0.855.